The van der Waals surface area contributed by atoms with Gasteiger partial charge in [-0.25, -0.2) is 4.79 Å². The Labute approximate surface area is 76.6 Å². The first-order valence-corrected chi connectivity index (χ1v) is 4.15. The van der Waals surface area contributed by atoms with Crippen LogP contribution in [-0.4, -0.2) is 16.2 Å². The van der Waals surface area contributed by atoms with E-state index >= 15 is 0 Å². The van der Waals surface area contributed by atoms with Gasteiger partial charge >= 0.3 is 5.97 Å². The van der Waals surface area contributed by atoms with Crippen molar-refractivity contribution in [2.75, 3.05) is 0 Å². The van der Waals surface area contributed by atoms with Crippen LogP contribution in [0.2, 0.25) is 0 Å². The Bertz CT molecular complexity index is 307. The fourth-order valence-electron chi connectivity index (χ4n) is 1.26. The van der Waals surface area contributed by atoms with E-state index in [0.29, 0.717) is 5.56 Å². The maximum absolute atomic E-state index is 10.5. The second-order valence-electron chi connectivity index (χ2n) is 2.79. The minimum Gasteiger partial charge on any atom is -0.479 e. The molecule has 2 N–H and O–H groups in total. The molecule has 1 aromatic rings. The molecule has 0 bridgehead atoms. The van der Waals surface area contributed by atoms with Gasteiger partial charge in [-0.3, -0.25) is 0 Å². The summed E-state index contributed by atoms with van der Waals surface area (Å²) in [5.74, 6) is -1.21. The number of benzene rings is 1. The molecular weight excluding hydrogens is 168 g/mol. The lowest BCUT2D eigenvalue weighted by Crippen LogP contribution is -2.12. The quantitative estimate of drug-likeness (QED) is 0.738. The average molecular weight is 180 g/mol. The molecule has 0 aromatic heterocycles. The van der Waals surface area contributed by atoms with Crippen LogP contribution in [0.15, 0.2) is 24.3 Å². The van der Waals surface area contributed by atoms with Crippen LogP contribution >= 0.6 is 0 Å². The summed E-state index contributed by atoms with van der Waals surface area (Å²) in [6.45, 7) is 1.92. The van der Waals surface area contributed by atoms with Crippen molar-refractivity contribution in [1.29, 1.82) is 0 Å². The number of aliphatic hydroxyl groups is 1. The van der Waals surface area contributed by atoms with Gasteiger partial charge in [-0.1, -0.05) is 31.2 Å². The molecule has 70 valence electrons. The van der Waals surface area contributed by atoms with Gasteiger partial charge in [-0.05, 0) is 17.5 Å². The summed E-state index contributed by atoms with van der Waals surface area (Å²) in [5.41, 5.74) is 1.36. The zero-order valence-electron chi connectivity index (χ0n) is 7.40. The number of carboxylic acid groups (broad SMARTS) is 1. The van der Waals surface area contributed by atoms with Gasteiger partial charge in [-0.2, -0.15) is 0 Å². The van der Waals surface area contributed by atoms with E-state index in [4.69, 9.17) is 5.11 Å². The normalized spacial score (nSPS) is 12.5. The Morgan fingerprint density at radius 2 is 2.08 bits per heavy atom. The fraction of sp³-hybridized carbons (Fsp3) is 0.300. The number of carbonyl (C=O) groups is 1. The number of aliphatic carboxylic acids is 1. The molecule has 0 aliphatic heterocycles. The lowest BCUT2D eigenvalue weighted by atomic mass is 10.0. The smallest absolute Gasteiger partial charge is 0.337 e. The molecule has 3 nitrogen and oxygen atoms in total. The first kappa shape index (κ1) is 9.74. The van der Waals surface area contributed by atoms with Crippen molar-refractivity contribution in [2.45, 2.75) is 19.4 Å². The van der Waals surface area contributed by atoms with E-state index in [1.54, 1.807) is 12.1 Å². The minimum atomic E-state index is -1.41. The van der Waals surface area contributed by atoms with E-state index in [1.807, 2.05) is 19.1 Å². The molecule has 0 saturated carbocycles. The van der Waals surface area contributed by atoms with Crippen molar-refractivity contribution in [3.63, 3.8) is 0 Å². The molecule has 1 rings (SSSR count). The molecule has 0 spiro atoms. The highest BCUT2D eigenvalue weighted by Crippen LogP contribution is 2.18. The zero-order valence-corrected chi connectivity index (χ0v) is 7.40. The Balaban J connectivity index is 3.05. The molecule has 3 heteroatoms. The van der Waals surface area contributed by atoms with Crippen LogP contribution in [0.4, 0.5) is 0 Å². The van der Waals surface area contributed by atoms with Crippen LogP contribution in [0.3, 0.4) is 0 Å². The summed E-state index contributed by atoms with van der Waals surface area (Å²) in [4.78, 5) is 10.5. The lowest BCUT2D eigenvalue weighted by Gasteiger charge is -2.09. The number of hydrogen-bond donors (Lipinski definition) is 2. The summed E-state index contributed by atoms with van der Waals surface area (Å²) in [5, 5.41) is 17.9. The van der Waals surface area contributed by atoms with Crippen molar-refractivity contribution < 1.29 is 15.0 Å². The topological polar surface area (TPSA) is 57.5 Å². The minimum absolute atomic E-state index is 0.484. The molecule has 0 aliphatic carbocycles. The number of rotatable bonds is 3. The number of aliphatic hydroxyl groups excluding tert-OH is 1. The van der Waals surface area contributed by atoms with E-state index < -0.39 is 12.1 Å². The number of aryl methyl sites for hydroxylation is 1. The van der Waals surface area contributed by atoms with E-state index in [0.717, 1.165) is 12.0 Å². The first-order chi connectivity index (χ1) is 6.16. The largest absolute Gasteiger partial charge is 0.479 e. The number of hydrogen-bond acceptors (Lipinski definition) is 2. The van der Waals surface area contributed by atoms with Crippen LogP contribution in [0, 0.1) is 0 Å². The van der Waals surface area contributed by atoms with Crippen molar-refractivity contribution in [3.05, 3.63) is 35.4 Å². The van der Waals surface area contributed by atoms with Gasteiger partial charge in [0.1, 0.15) is 0 Å². The van der Waals surface area contributed by atoms with Crippen molar-refractivity contribution in [1.82, 2.24) is 0 Å². The van der Waals surface area contributed by atoms with Crippen molar-refractivity contribution >= 4 is 5.97 Å². The highest BCUT2D eigenvalue weighted by atomic mass is 16.4. The van der Waals surface area contributed by atoms with Gasteiger partial charge in [-0.15, -0.1) is 0 Å². The van der Waals surface area contributed by atoms with E-state index in [9.17, 15) is 9.90 Å². The lowest BCUT2D eigenvalue weighted by molar-refractivity contribution is -0.147. The highest BCUT2D eigenvalue weighted by molar-refractivity contribution is 5.74. The molecule has 1 atom stereocenters. The first-order valence-electron chi connectivity index (χ1n) is 4.15. The van der Waals surface area contributed by atoms with Gasteiger partial charge in [0, 0.05) is 0 Å². The molecule has 0 amide bonds. The van der Waals surface area contributed by atoms with E-state index in [-0.39, 0.29) is 0 Å². The molecule has 0 radical (unpaired) electrons. The second kappa shape index (κ2) is 4.05. The molecule has 0 aliphatic rings. The molecule has 0 heterocycles. The Morgan fingerprint density at radius 3 is 2.62 bits per heavy atom. The standard InChI is InChI=1S/C10H12O3/c1-2-7-5-3-4-6-8(7)9(11)10(12)13/h3-6,9,11H,2H2,1H3,(H,12,13)/t9-/m1/s1. The van der Waals surface area contributed by atoms with Crippen LogP contribution in [0.5, 0.6) is 0 Å². The average Bonchev–Trinajstić information content (AvgIpc) is 2.16. The second-order valence-corrected chi connectivity index (χ2v) is 2.79. The number of carboxylic acids is 1. The van der Waals surface area contributed by atoms with Gasteiger partial charge < -0.3 is 10.2 Å². The Hall–Kier alpha value is -1.35. The molecule has 0 saturated heterocycles. The van der Waals surface area contributed by atoms with Gasteiger partial charge in [0.15, 0.2) is 6.10 Å². The van der Waals surface area contributed by atoms with Gasteiger partial charge in [0.2, 0.25) is 0 Å². The van der Waals surface area contributed by atoms with E-state index in [1.165, 1.54) is 0 Å². The predicted molar refractivity (Wildman–Crippen MR) is 48.4 cm³/mol. The predicted octanol–water partition coefficient (Wildman–Crippen LogP) is 1.37. The van der Waals surface area contributed by atoms with Crippen LogP contribution in [0.25, 0.3) is 0 Å². The third kappa shape index (κ3) is 2.06. The third-order valence-corrected chi connectivity index (χ3v) is 1.96. The summed E-state index contributed by atoms with van der Waals surface area (Å²) in [6.07, 6.45) is -0.684. The van der Waals surface area contributed by atoms with Gasteiger partial charge in [0.05, 0.1) is 0 Å². The monoisotopic (exact) mass is 180 g/mol. The van der Waals surface area contributed by atoms with Crippen LogP contribution in [-0.2, 0) is 11.2 Å². The molecule has 13 heavy (non-hydrogen) atoms. The Morgan fingerprint density at radius 1 is 1.46 bits per heavy atom. The summed E-state index contributed by atoms with van der Waals surface area (Å²) >= 11 is 0. The third-order valence-electron chi connectivity index (χ3n) is 1.96. The summed E-state index contributed by atoms with van der Waals surface area (Å²) in [7, 11) is 0. The zero-order chi connectivity index (χ0) is 9.84. The van der Waals surface area contributed by atoms with Crippen molar-refractivity contribution in [3.8, 4) is 0 Å². The van der Waals surface area contributed by atoms with Crippen molar-refractivity contribution in [2.24, 2.45) is 0 Å². The summed E-state index contributed by atoms with van der Waals surface area (Å²) in [6, 6.07) is 7.01. The fourth-order valence-corrected chi connectivity index (χ4v) is 1.26. The van der Waals surface area contributed by atoms with Gasteiger partial charge in [0.25, 0.3) is 0 Å². The van der Waals surface area contributed by atoms with E-state index in [2.05, 4.69) is 0 Å². The van der Waals surface area contributed by atoms with Crippen LogP contribution < -0.4 is 0 Å². The van der Waals surface area contributed by atoms with Crippen LogP contribution in [0.1, 0.15) is 24.2 Å². The molecule has 1 aromatic carbocycles. The molecular formula is C10H12O3. The maximum Gasteiger partial charge on any atom is 0.337 e. The molecule has 0 unspecified atom stereocenters. The SMILES string of the molecule is CCc1ccccc1[C@@H](O)C(=O)O. The Kier molecular flexibility index (Phi) is 3.03. The molecule has 0 fully saturated rings. The highest BCUT2D eigenvalue weighted by Gasteiger charge is 2.17. The summed E-state index contributed by atoms with van der Waals surface area (Å²) < 4.78 is 0. The maximum atomic E-state index is 10.5.